The Morgan fingerprint density at radius 2 is 1.56 bits per heavy atom. The molecular formula is C24H21N5O2S. The zero-order valence-corrected chi connectivity index (χ0v) is 18.5. The van der Waals surface area contributed by atoms with Crippen LogP contribution in [0.3, 0.4) is 0 Å². The van der Waals surface area contributed by atoms with E-state index >= 15 is 0 Å². The Bertz CT molecular complexity index is 1230. The normalized spacial score (nSPS) is 10.7. The predicted molar refractivity (Wildman–Crippen MR) is 125 cm³/mol. The van der Waals surface area contributed by atoms with E-state index in [-0.39, 0.29) is 17.4 Å². The summed E-state index contributed by atoms with van der Waals surface area (Å²) in [6.07, 6.45) is 0. The number of ketones is 1. The van der Waals surface area contributed by atoms with Gasteiger partial charge in [0.05, 0.1) is 11.4 Å². The van der Waals surface area contributed by atoms with Crippen LogP contribution in [0.2, 0.25) is 0 Å². The van der Waals surface area contributed by atoms with Crippen LogP contribution in [0.15, 0.2) is 78.0 Å². The van der Waals surface area contributed by atoms with Gasteiger partial charge in [0.15, 0.2) is 5.78 Å². The van der Waals surface area contributed by atoms with Crippen LogP contribution in [0.5, 0.6) is 0 Å². The number of amides is 1. The van der Waals surface area contributed by atoms with E-state index in [2.05, 4.69) is 20.8 Å². The van der Waals surface area contributed by atoms with Crippen molar-refractivity contribution in [1.82, 2.24) is 20.2 Å². The van der Waals surface area contributed by atoms with Gasteiger partial charge in [0.2, 0.25) is 5.16 Å². The summed E-state index contributed by atoms with van der Waals surface area (Å²) < 4.78 is 1.67. The number of benzene rings is 3. The van der Waals surface area contributed by atoms with Gasteiger partial charge in [-0.1, -0.05) is 48.2 Å². The average Bonchev–Trinajstić information content (AvgIpc) is 3.26. The van der Waals surface area contributed by atoms with Crippen LogP contribution in [0.4, 0.5) is 5.69 Å². The summed E-state index contributed by atoms with van der Waals surface area (Å²) in [5.74, 6) is -0.0494. The monoisotopic (exact) mass is 443 g/mol. The fourth-order valence-corrected chi connectivity index (χ4v) is 4.07. The number of thioether (sulfide) groups is 1. The van der Waals surface area contributed by atoms with Crippen LogP contribution >= 0.6 is 11.8 Å². The summed E-state index contributed by atoms with van der Waals surface area (Å²) in [7, 11) is 0. The van der Waals surface area contributed by atoms with E-state index in [1.54, 1.807) is 41.1 Å². The molecule has 3 aromatic carbocycles. The molecule has 32 heavy (non-hydrogen) atoms. The fourth-order valence-electron chi connectivity index (χ4n) is 3.29. The molecular weight excluding hydrogens is 422 g/mol. The van der Waals surface area contributed by atoms with Gasteiger partial charge in [-0.25, -0.2) is 0 Å². The molecule has 0 atom stereocenters. The summed E-state index contributed by atoms with van der Waals surface area (Å²) in [6.45, 7) is 4.00. The summed E-state index contributed by atoms with van der Waals surface area (Å²) in [6, 6.07) is 21.8. The molecule has 0 saturated carbocycles. The maximum atomic E-state index is 12.7. The smallest absolute Gasteiger partial charge is 0.255 e. The first-order valence-corrected chi connectivity index (χ1v) is 11.0. The Balaban J connectivity index is 1.40. The third-order valence-corrected chi connectivity index (χ3v) is 5.84. The number of hydrogen-bond acceptors (Lipinski definition) is 6. The predicted octanol–water partition coefficient (Wildman–Crippen LogP) is 4.51. The van der Waals surface area contributed by atoms with Crippen molar-refractivity contribution in [2.45, 2.75) is 19.0 Å². The number of anilines is 1. The van der Waals surface area contributed by atoms with Crippen LogP contribution in [0.1, 0.15) is 31.8 Å². The van der Waals surface area contributed by atoms with Crippen molar-refractivity contribution < 1.29 is 9.59 Å². The molecule has 0 fully saturated rings. The van der Waals surface area contributed by atoms with Gasteiger partial charge in [0.1, 0.15) is 0 Å². The first-order valence-electron chi connectivity index (χ1n) is 10.0. The number of carbonyl (C=O) groups excluding carboxylic acids is 2. The molecule has 0 unspecified atom stereocenters. The third kappa shape index (κ3) is 4.76. The van der Waals surface area contributed by atoms with E-state index in [0.29, 0.717) is 22.0 Å². The molecule has 0 aliphatic carbocycles. The highest BCUT2D eigenvalue weighted by molar-refractivity contribution is 7.99. The van der Waals surface area contributed by atoms with Gasteiger partial charge in [0.25, 0.3) is 5.91 Å². The highest BCUT2D eigenvalue weighted by Gasteiger charge is 2.15. The molecule has 4 rings (SSSR count). The quantitative estimate of drug-likeness (QED) is 0.334. The SMILES string of the molecule is Cc1cccc(C)c1-n1nnnc1SCC(=O)c1ccc(NC(=O)c2ccccc2)cc1. The lowest BCUT2D eigenvalue weighted by Crippen LogP contribution is -2.12. The van der Waals surface area contributed by atoms with Crippen LogP contribution in [0.25, 0.3) is 5.69 Å². The van der Waals surface area contributed by atoms with Crippen molar-refractivity contribution in [3.8, 4) is 5.69 Å². The molecule has 1 amide bonds. The van der Waals surface area contributed by atoms with Crippen molar-refractivity contribution in [3.05, 3.63) is 95.1 Å². The van der Waals surface area contributed by atoms with E-state index in [0.717, 1.165) is 16.8 Å². The Morgan fingerprint density at radius 1 is 0.875 bits per heavy atom. The molecule has 1 N–H and O–H groups in total. The first-order chi connectivity index (χ1) is 15.5. The molecule has 160 valence electrons. The second-order valence-corrected chi connectivity index (χ2v) is 8.17. The Morgan fingerprint density at radius 3 is 2.25 bits per heavy atom. The second kappa shape index (κ2) is 9.57. The lowest BCUT2D eigenvalue weighted by molar-refractivity contribution is 0.101. The molecule has 0 saturated heterocycles. The molecule has 7 nitrogen and oxygen atoms in total. The Labute approximate surface area is 189 Å². The van der Waals surface area contributed by atoms with Crippen molar-refractivity contribution in [1.29, 1.82) is 0 Å². The number of Topliss-reactive ketones (excluding diaryl/α,β-unsaturated/α-hetero) is 1. The number of rotatable bonds is 7. The Hall–Kier alpha value is -3.78. The van der Waals surface area contributed by atoms with E-state index in [1.807, 2.05) is 50.2 Å². The lowest BCUT2D eigenvalue weighted by atomic mass is 10.1. The van der Waals surface area contributed by atoms with Crippen molar-refractivity contribution in [3.63, 3.8) is 0 Å². The zero-order chi connectivity index (χ0) is 22.5. The van der Waals surface area contributed by atoms with Crippen LogP contribution in [-0.2, 0) is 0 Å². The van der Waals surface area contributed by atoms with Gasteiger partial charge in [0, 0.05) is 16.8 Å². The maximum Gasteiger partial charge on any atom is 0.255 e. The van der Waals surface area contributed by atoms with Crippen molar-refractivity contribution in [2.24, 2.45) is 0 Å². The number of tetrazole rings is 1. The summed E-state index contributed by atoms with van der Waals surface area (Å²) in [5.41, 5.74) is 4.79. The highest BCUT2D eigenvalue weighted by Crippen LogP contribution is 2.24. The van der Waals surface area contributed by atoms with E-state index < -0.39 is 0 Å². The number of nitrogens with zero attached hydrogens (tertiary/aromatic N) is 4. The summed E-state index contributed by atoms with van der Waals surface area (Å²) in [5, 5.41) is 15.4. The topological polar surface area (TPSA) is 89.8 Å². The van der Waals surface area contributed by atoms with E-state index in [9.17, 15) is 9.59 Å². The van der Waals surface area contributed by atoms with Gasteiger partial charge < -0.3 is 5.32 Å². The molecule has 1 heterocycles. The molecule has 0 aliphatic rings. The number of carbonyl (C=O) groups is 2. The fraction of sp³-hybridized carbons (Fsp3) is 0.125. The standard InChI is InChI=1S/C24H21N5O2S/c1-16-7-6-8-17(2)22(16)29-24(26-27-28-29)32-15-21(30)18-11-13-20(14-12-18)25-23(31)19-9-4-3-5-10-19/h3-14H,15H2,1-2H3,(H,25,31). The summed E-state index contributed by atoms with van der Waals surface area (Å²) in [4.78, 5) is 25.0. The maximum absolute atomic E-state index is 12.7. The van der Waals surface area contributed by atoms with Gasteiger partial charge in [-0.3, -0.25) is 9.59 Å². The lowest BCUT2D eigenvalue weighted by Gasteiger charge is -2.10. The average molecular weight is 444 g/mol. The number of hydrogen-bond donors (Lipinski definition) is 1. The number of aromatic nitrogens is 4. The van der Waals surface area contributed by atoms with Gasteiger partial charge in [-0.15, -0.1) is 5.10 Å². The largest absolute Gasteiger partial charge is 0.322 e. The van der Waals surface area contributed by atoms with Gasteiger partial charge in [-0.05, 0) is 71.8 Å². The van der Waals surface area contributed by atoms with E-state index in [1.165, 1.54) is 11.8 Å². The number of nitrogens with one attached hydrogen (secondary N) is 1. The minimum Gasteiger partial charge on any atom is -0.322 e. The van der Waals surface area contributed by atoms with Crippen molar-refractivity contribution >= 4 is 29.1 Å². The van der Waals surface area contributed by atoms with Crippen LogP contribution < -0.4 is 5.32 Å². The molecule has 0 radical (unpaired) electrons. The summed E-state index contributed by atoms with van der Waals surface area (Å²) >= 11 is 1.29. The molecule has 4 aromatic rings. The molecule has 0 bridgehead atoms. The number of para-hydroxylation sites is 1. The minimum atomic E-state index is -0.196. The third-order valence-electron chi connectivity index (χ3n) is 4.93. The van der Waals surface area contributed by atoms with Gasteiger partial charge in [-0.2, -0.15) is 4.68 Å². The molecule has 1 aromatic heterocycles. The van der Waals surface area contributed by atoms with Crippen LogP contribution in [0, 0.1) is 13.8 Å². The van der Waals surface area contributed by atoms with Crippen LogP contribution in [-0.4, -0.2) is 37.7 Å². The zero-order valence-electron chi connectivity index (χ0n) is 17.6. The molecule has 0 spiro atoms. The molecule has 0 aliphatic heterocycles. The van der Waals surface area contributed by atoms with Crippen molar-refractivity contribution in [2.75, 3.05) is 11.1 Å². The first kappa shape index (κ1) is 21.5. The highest BCUT2D eigenvalue weighted by atomic mass is 32.2. The number of aryl methyl sites for hydroxylation is 2. The second-order valence-electron chi connectivity index (χ2n) is 7.22. The Kier molecular flexibility index (Phi) is 6.42. The van der Waals surface area contributed by atoms with E-state index in [4.69, 9.17) is 0 Å². The minimum absolute atomic E-state index is 0.0491. The molecule has 8 heteroatoms. The van der Waals surface area contributed by atoms with Gasteiger partial charge >= 0.3 is 0 Å².